The zero-order valence-electron chi connectivity index (χ0n) is 10.7. The molecular formula is C13H21NO3. The van der Waals surface area contributed by atoms with Crippen LogP contribution in [0.4, 0.5) is 0 Å². The van der Waals surface area contributed by atoms with Crippen molar-refractivity contribution in [2.24, 2.45) is 0 Å². The lowest BCUT2D eigenvalue weighted by Gasteiger charge is -2.13. The van der Waals surface area contributed by atoms with E-state index in [2.05, 4.69) is 4.98 Å². The number of nitrogens with zero attached hydrogens (tertiary/aromatic N) is 1. The normalized spacial score (nSPS) is 12.8. The van der Waals surface area contributed by atoms with Crippen molar-refractivity contribution in [3.63, 3.8) is 0 Å². The summed E-state index contributed by atoms with van der Waals surface area (Å²) in [6.45, 7) is 6.89. The van der Waals surface area contributed by atoms with Gasteiger partial charge in [0.1, 0.15) is 11.9 Å². The summed E-state index contributed by atoms with van der Waals surface area (Å²) in [7, 11) is 0. The fourth-order valence-electron chi connectivity index (χ4n) is 1.39. The van der Waals surface area contributed by atoms with Gasteiger partial charge in [0.2, 0.25) is 0 Å². The molecule has 0 amide bonds. The molecule has 96 valence electrons. The second-order valence-electron chi connectivity index (χ2n) is 4.21. The van der Waals surface area contributed by atoms with E-state index in [1.165, 1.54) is 0 Å². The molecule has 1 N–H and O–H groups in total. The van der Waals surface area contributed by atoms with Crippen LogP contribution in [0.25, 0.3) is 0 Å². The van der Waals surface area contributed by atoms with Crippen molar-refractivity contribution < 1.29 is 14.6 Å². The summed E-state index contributed by atoms with van der Waals surface area (Å²) in [4.78, 5) is 4.05. The number of aliphatic hydroxyl groups is 1. The van der Waals surface area contributed by atoms with Gasteiger partial charge in [-0.15, -0.1) is 0 Å². The highest BCUT2D eigenvalue weighted by Gasteiger charge is 2.09. The quantitative estimate of drug-likeness (QED) is 0.742. The molecule has 1 rings (SSSR count). The first-order chi connectivity index (χ1) is 8.13. The molecule has 0 fully saturated rings. The Morgan fingerprint density at radius 2 is 2.12 bits per heavy atom. The van der Waals surface area contributed by atoms with Gasteiger partial charge in [-0.2, -0.15) is 0 Å². The van der Waals surface area contributed by atoms with Crippen LogP contribution in [0.1, 0.15) is 38.9 Å². The standard InChI is InChI=1S/C13H21NO3/c1-4-5-16-9-13(15)11-6-12(8-14-7-11)17-10(2)3/h6-8,10,13,15H,4-5,9H2,1-3H3. The van der Waals surface area contributed by atoms with E-state index in [4.69, 9.17) is 9.47 Å². The molecule has 4 heteroatoms. The van der Waals surface area contributed by atoms with Crippen molar-refractivity contribution in [3.8, 4) is 5.75 Å². The van der Waals surface area contributed by atoms with Gasteiger partial charge < -0.3 is 14.6 Å². The molecule has 0 aliphatic rings. The highest BCUT2D eigenvalue weighted by atomic mass is 16.5. The predicted octanol–water partition coefficient (Wildman–Crippen LogP) is 2.33. The van der Waals surface area contributed by atoms with E-state index in [0.29, 0.717) is 19.0 Å². The molecule has 1 atom stereocenters. The molecule has 1 heterocycles. The number of hydrogen-bond acceptors (Lipinski definition) is 4. The molecule has 4 nitrogen and oxygen atoms in total. The molecule has 1 unspecified atom stereocenters. The van der Waals surface area contributed by atoms with E-state index < -0.39 is 6.10 Å². The minimum Gasteiger partial charge on any atom is -0.489 e. The summed E-state index contributed by atoms with van der Waals surface area (Å²) in [5.41, 5.74) is 0.722. The lowest BCUT2D eigenvalue weighted by molar-refractivity contribution is 0.0360. The Bertz CT molecular complexity index is 328. The third-order valence-electron chi connectivity index (χ3n) is 2.12. The minimum absolute atomic E-state index is 0.0977. The molecule has 1 aromatic rings. The Labute approximate surface area is 103 Å². The van der Waals surface area contributed by atoms with Gasteiger partial charge in [-0.25, -0.2) is 0 Å². The number of aliphatic hydroxyl groups excluding tert-OH is 1. The maximum absolute atomic E-state index is 9.89. The Kier molecular flexibility index (Phi) is 5.94. The predicted molar refractivity (Wildman–Crippen MR) is 66.1 cm³/mol. The fraction of sp³-hybridized carbons (Fsp3) is 0.615. The molecule has 0 saturated heterocycles. The zero-order chi connectivity index (χ0) is 12.7. The molecule has 1 aromatic heterocycles. The van der Waals surface area contributed by atoms with Crippen molar-refractivity contribution in [2.75, 3.05) is 13.2 Å². The molecule has 0 aromatic carbocycles. The van der Waals surface area contributed by atoms with E-state index in [1.54, 1.807) is 18.5 Å². The Morgan fingerprint density at radius 3 is 2.76 bits per heavy atom. The Hall–Kier alpha value is -1.13. The zero-order valence-corrected chi connectivity index (χ0v) is 10.7. The van der Waals surface area contributed by atoms with Gasteiger partial charge in [0.25, 0.3) is 0 Å². The van der Waals surface area contributed by atoms with Gasteiger partial charge in [-0.05, 0) is 26.3 Å². The van der Waals surface area contributed by atoms with E-state index >= 15 is 0 Å². The first-order valence-corrected chi connectivity index (χ1v) is 6.01. The summed E-state index contributed by atoms with van der Waals surface area (Å²) in [6, 6.07) is 1.80. The number of hydrogen-bond donors (Lipinski definition) is 1. The third-order valence-corrected chi connectivity index (χ3v) is 2.12. The first-order valence-electron chi connectivity index (χ1n) is 6.01. The maximum atomic E-state index is 9.89. The van der Waals surface area contributed by atoms with Gasteiger partial charge in [-0.3, -0.25) is 4.98 Å². The molecule has 0 aliphatic carbocycles. The van der Waals surface area contributed by atoms with Gasteiger partial charge >= 0.3 is 0 Å². The van der Waals surface area contributed by atoms with Crippen molar-refractivity contribution in [3.05, 3.63) is 24.0 Å². The minimum atomic E-state index is -0.648. The first kappa shape index (κ1) is 13.9. The summed E-state index contributed by atoms with van der Waals surface area (Å²) in [6.07, 6.45) is 3.67. The molecule has 0 saturated carbocycles. The summed E-state index contributed by atoms with van der Waals surface area (Å²) < 4.78 is 10.8. The maximum Gasteiger partial charge on any atom is 0.138 e. The number of rotatable bonds is 7. The van der Waals surface area contributed by atoms with Crippen LogP contribution >= 0.6 is 0 Å². The fourth-order valence-corrected chi connectivity index (χ4v) is 1.39. The molecule has 17 heavy (non-hydrogen) atoms. The largest absolute Gasteiger partial charge is 0.489 e. The van der Waals surface area contributed by atoms with Gasteiger partial charge in [0.15, 0.2) is 0 Å². The van der Waals surface area contributed by atoms with Crippen LogP contribution in [-0.4, -0.2) is 29.4 Å². The SMILES string of the molecule is CCCOCC(O)c1cncc(OC(C)C)c1. The van der Waals surface area contributed by atoms with Crippen LogP contribution in [0.3, 0.4) is 0 Å². The van der Waals surface area contributed by atoms with Gasteiger partial charge in [0.05, 0.1) is 18.9 Å². The average Bonchev–Trinajstić information content (AvgIpc) is 2.28. The highest BCUT2D eigenvalue weighted by Crippen LogP contribution is 2.18. The second-order valence-corrected chi connectivity index (χ2v) is 4.21. The van der Waals surface area contributed by atoms with Crippen molar-refractivity contribution in [1.29, 1.82) is 0 Å². The number of pyridine rings is 1. The van der Waals surface area contributed by atoms with Crippen LogP contribution in [0.15, 0.2) is 18.5 Å². The molecular weight excluding hydrogens is 218 g/mol. The summed E-state index contributed by atoms with van der Waals surface area (Å²) in [5.74, 6) is 0.673. The highest BCUT2D eigenvalue weighted by molar-refractivity contribution is 5.25. The van der Waals surface area contributed by atoms with Crippen molar-refractivity contribution >= 4 is 0 Å². The van der Waals surface area contributed by atoms with Gasteiger partial charge in [0, 0.05) is 18.4 Å². The van der Waals surface area contributed by atoms with Crippen LogP contribution in [0.2, 0.25) is 0 Å². The lowest BCUT2D eigenvalue weighted by Crippen LogP contribution is -2.10. The molecule has 0 aliphatic heterocycles. The van der Waals surface area contributed by atoms with Crippen LogP contribution in [-0.2, 0) is 4.74 Å². The monoisotopic (exact) mass is 239 g/mol. The van der Waals surface area contributed by atoms with Crippen LogP contribution < -0.4 is 4.74 Å². The third kappa shape index (κ3) is 5.15. The van der Waals surface area contributed by atoms with E-state index in [9.17, 15) is 5.11 Å². The van der Waals surface area contributed by atoms with E-state index in [-0.39, 0.29) is 6.10 Å². The number of aromatic nitrogens is 1. The molecule has 0 bridgehead atoms. The summed E-state index contributed by atoms with van der Waals surface area (Å²) in [5, 5.41) is 9.89. The van der Waals surface area contributed by atoms with E-state index in [0.717, 1.165) is 12.0 Å². The lowest BCUT2D eigenvalue weighted by atomic mass is 10.2. The van der Waals surface area contributed by atoms with E-state index in [1.807, 2.05) is 20.8 Å². The van der Waals surface area contributed by atoms with Crippen molar-refractivity contribution in [2.45, 2.75) is 39.4 Å². The van der Waals surface area contributed by atoms with Crippen LogP contribution in [0, 0.1) is 0 Å². The van der Waals surface area contributed by atoms with Crippen LogP contribution in [0.5, 0.6) is 5.75 Å². The smallest absolute Gasteiger partial charge is 0.138 e. The topological polar surface area (TPSA) is 51.6 Å². The summed E-state index contributed by atoms with van der Waals surface area (Å²) >= 11 is 0. The Balaban J connectivity index is 2.57. The molecule has 0 spiro atoms. The second kappa shape index (κ2) is 7.25. The molecule has 0 radical (unpaired) electrons. The Morgan fingerprint density at radius 1 is 1.35 bits per heavy atom. The number of ether oxygens (including phenoxy) is 2. The van der Waals surface area contributed by atoms with Gasteiger partial charge in [-0.1, -0.05) is 6.92 Å². The average molecular weight is 239 g/mol. The van der Waals surface area contributed by atoms with Crippen molar-refractivity contribution in [1.82, 2.24) is 4.98 Å².